The zero-order valence-corrected chi connectivity index (χ0v) is 10.4. The smallest absolute Gasteiger partial charge is 0.258 e. The summed E-state index contributed by atoms with van der Waals surface area (Å²) in [4.78, 5) is 6.47. The molecule has 1 aromatic rings. The van der Waals surface area contributed by atoms with E-state index in [9.17, 15) is 8.42 Å². The van der Waals surface area contributed by atoms with Gasteiger partial charge in [0.25, 0.3) is 10.0 Å². The molecular formula is C9H17N3O3S. The molecule has 0 radical (unpaired) electrons. The first-order chi connectivity index (χ1) is 7.33. The van der Waals surface area contributed by atoms with Gasteiger partial charge in [-0.25, -0.2) is 18.1 Å². The lowest BCUT2D eigenvalue weighted by molar-refractivity contribution is 0.191. The Morgan fingerprint density at radius 1 is 1.62 bits per heavy atom. The first kappa shape index (κ1) is 13.1. The molecule has 1 aromatic heterocycles. The molecule has 0 bridgehead atoms. The molecule has 16 heavy (non-hydrogen) atoms. The maximum atomic E-state index is 11.9. The number of aliphatic hydroxyl groups excluding tert-OH is 1. The van der Waals surface area contributed by atoms with Crippen molar-refractivity contribution in [3.63, 3.8) is 0 Å². The highest BCUT2D eigenvalue weighted by Crippen LogP contribution is 2.13. The molecule has 0 amide bonds. The van der Waals surface area contributed by atoms with E-state index in [1.807, 2.05) is 0 Å². The number of H-pyrrole nitrogens is 1. The predicted molar refractivity (Wildman–Crippen MR) is 59.4 cm³/mol. The second-order valence-corrected chi connectivity index (χ2v) is 5.66. The fourth-order valence-electron chi connectivity index (χ4n) is 1.13. The van der Waals surface area contributed by atoms with Gasteiger partial charge >= 0.3 is 0 Å². The highest BCUT2D eigenvalue weighted by molar-refractivity contribution is 7.89. The highest BCUT2D eigenvalue weighted by Gasteiger charge is 2.29. The molecular weight excluding hydrogens is 230 g/mol. The molecule has 0 spiro atoms. The van der Waals surface area contributed by atoms with Crippen LogP contribution in [0.25, 0.3) is 0 Å². The first-order valence-corrected chi connectivity index (χ1v) is 6.48. The zero-order chi connectivity index (χ0) is 12.4. The van der Waals surface area contributed by atoms with Crippen LogP contribution in [0.2, 0.25) is 0 Å². The van der Waals surface area contributed by atoms with Crippen LogP contribution in [0.15, 0.2) is 11.2 Å². The van der Waals surface area contributed by atoms with Gasteiger partial charge in [0, 0.05) is 0 Å². The molecule has 0 saturated heterocycles. The van der Waals surface area contributed by atoms with Crippen molar-refractivity contribution in [3.8, 4) is 0 Å². The van der Waals surface area contributed by atoms with E-state index in [1.165, 1.54) is 6.20 Å². The molecule has 1 rings (SSSR count). The zero-order valence-electron chi connectivity index (χ0n) is 9.61. The number of sulfonamides is 1. The van der Waals surface area contributed by atoms with E-state index in [4.69, 9.17) is 5.11 Å². The summed E-state index contributed by atoms with van der Waals surface area (Å²) in [5, 5.41) is 9.16. The number of aryl methyl sites for hydroxylation is 1. The average Bonchev–Trinajstić information content (AvgIpc) is 2.65. The molecule has 0 saturated carbocycles. The summed E-state index contributed by atoms with van der Waals surface area (Å²) >= 11 is 0. The minimum atomic E-state index is -3.65. The third-order valence-electron chi connectivity index (χ3n) is 2.48. The monoisotopic (exact) mass is 247 g/mol. The summed E-state index contributed by atoms with van der Waals surface area (Å²) in [5.41, 5.74) is -0.849. The number of rotatable bonds is 5. The van der Waals surface area contributed by atoms with Crippen LogP contribution >= 0.6 is 0 Å². The van der Waals surface area contributed by atoms with Crippen molar-refractivity contribution < 1.29 is 13.5 Å². The van der Waals surface area contributed by atoms with E-state index in [0.717, 1.165) is 0 Å². The first-order valence-electron chi connectivity index (χ1n) is 4.99. The fourth-order valence-corrected chi connectivity index (χ4v) is 2.57. The van der Waals surface area contributed by atoms with Gasteiger partial charge in [-0.3, -0.25) is 0 Å². The molecule has 3 N–H and O–H groups in total. The molecule has 0 fully saturated rings. The van der Waals surface area contributed by atoms with Crippen LogP contribution < -0.4 is 4.72 Å². The Morgan fingerprint density at radius 2 is 2.25 bits per heavy atom. The normalized spacial score (nSPS) is 16.0. The number of hydrogen-bond donors (Lipinski definition) is 3. The number of aliphatic hydroxyl groups is 1. The number of nitrogens with one attached hydrogen (secondary N) is 2. The van der Waals surface area contributed by atoms with Crippen molar-refractivity contribution in [1.29, 1.82) is 0 Å². The Balaban J connectivity index is 2.96. The quantitative estimate of drug-likeness (QED) is 0.690. The van der Waals surface area contributed by atoms with Gasteiger partial charge in [0.05, 0.1) is 18.3 Å². The molecule has 6 nitrogen and oxygen atoms in total. The van der Waals surface area contributed by atoms with Crippen molar-refractivity contribution in [2.45, 2.75) is 37.8 Å². The predicted octanol–water partition coefficient (Wildman–Crippen LogP) is 0.157. The van der Waals surface area contributed by atoms with E-state index in [1.54, 1.807) is 20.8 Å². The maximum absolute atomic E-state index is 11.9. The van der Waals surface area contributed by atoms with Gasteiger partial charge in [-0.1, -0.05) is 6.92 Å². The van der Waals surface area contributed by atoms with Crippen molar-refractivity contribution in [3.05, 3.63) is 12.0 Å². The van der Waals surface area contributed by atoms with Gasteiger partial charge in [0.1, 0.15) is 5.82 Å². The molecule has 0 aliphatic heterocycles. The Kier molecular flexibility index (Phi) is 3.72. The third kappa shape index (κ3) is 2.81. The van der Waals surface area contributed by atoms with E-state index >= 15 is 0 Å². The Hall–Kier alpha value is -0.920. The van der Waals surface area contributed by atoms with Crippen LogP contribution in [0.3, 0.4) is 0 Å². The number of hydrogen-bond acceptors (Lipinski definition) is 4. The fraction of sp³-hybridized carbons (Fsp3) is 0.667. The maximum Gasteiger partial charge on any atom is 0.258 e. The Morgan fingerprint density at radius 3 is 2.62 bits per heavy atom. The summed E-state index contributed by atoms with van der Waals surface area (Å²) in [5.74, 6) is 0.530. The van der Waals surface area contributed by atoms with Gasteiger partial charge in [-0.2, -0.15) is 0 Å². The second kappa shape index (κ2) is 4.52. The van der Waals surface area contributed by atoms with Crippen molar-refractivity contribution in [2.75, 3.05) is 6.61 Å². The van der Waals surface area contributed by atoms with Crippen molar-refractivity contribution >= 4 is 10.0 Å². The van der Waals surface area contributed by atoms with E-state index in [-0.39, 0.29) is 11.6 Å². The Labute approximate surface area is 95.2 Å². The van der Waals surface area contributed by atoms with Gasteiger partial charge < -0.3 is 10.1 Å². The van der Waals surface area contributed by atoms with Crippen LogP contribution in [-0.2, 0) is 10.0 Å². The van der Waals surface area contributed by atoms with Crippen molar-refractivity contribution in [1.82, 2.24) is 14.7 Å². The van der Waals surface area contributed by atoms with Gasteiger partial charge in [-0.05, 0) is 20.3 Å². The summed E-state index contributed by atoms with van der Waals surface area (Å²) in [6.45, 7) is 4.87. The summed E-state index contributed by atoms with van der Waals surface area (Å²) in [6, 6.07) is 0. The molecule has 7 heteroatoms. The molecule has 0 aliphatic carbocycles. The third-order valence-corrected chi connectivity index (χ3v) is 4.03. The molecule has 0 aliphatic rings. The topological polar surface area (TPSA) is 95.1 Å². The van der Waals surface area contributed by atoms with Crippen LogP contribution in [0.1, 0.15) is 26.1 Å². The van der Waals surface area contributed by atoms with Crippen LogP contribution in [0.5, 0.6) is 0 Å². The number of nitrogens with zero attached hydrogens (tertiary/aromatic N) is 1. The number of aromatic nitrogens is 2. The molecule has 1 atom stereocenters. The van der Waals surface area contributed by atoms with Crippen LogP contribution in [0, 0.1) is 6.92 Å². The number of aromatic amines is 1. The largest absolute Gasteiger partial charge is 0.394 e. The molecule has 0 aromatic carbocycles. The Bertz CT molecular complexity index is 448. The molecule has 1 heterocycles. The van der Waals surface area contributed by atoms with E-state index in [0.29, 0.717) is 12.2 Å². The lowest BCUT2D eigenvalue weighted by atomic mass is 10.0. The van der Waals surface area contributed by atoms with Crippen LogP contribution in [-0.4, -0.2) is 35.6 Å². The van der Waals surface area contributed by atoms with Gasteiger partial charge in [0.2, 0.25) is 0 Å². The van der Waals surface area contributed by atoms with E-state index in [2.05, 4.69) is 14.7 Å². The van der Waals surface area contributed by atoms with Crippen molar-refractivity contribution in [2.24, 2.45) is 0 Å². The lowest BCUT2D eigenvalue weighted by Crippen LogP contribution is -2.48. The summed E-state index contributed by atoms with van der Waals surface area (Å²) in [7, 11) is -3.65. The standard InChI is InChI=1S/C9H17N3O3S/c1-4-9(3,6-13)12-16(14,15)8-5-10-7(2)11-8/h5,12-13H,4,6H2,1-3H3,(H,10,11). The summed E-state index contributed by atoms with van der Waals surface area (Å²) < 4.78 is 26.2. The average molecular weight is 247 g/mol. The van der Waals surface area contributed by atoms with Gasteiger partial charge in [-0.15, -0.1) is 0 Å². The van der Waals surface area contributed by atoms with E-state index < -0.39 is 15.6 Å². The molecule has 92 valence electrons. The van der Waals surface area contributed by atoms with Crippen LogP contribution in [0.4, 0.5) is 0 Å². The number of imidazole rings is 1. The summed E-state index contributed by atoms with van der Waals surface area (Å²) in [6.07, 6.45) is 1.75. The molecule has 1 unspecified atom stereocenters. The lowest BCUT2D eigenvalue weighted by Gasteiger charge is -2.26. The minimum Gasteiger partial charge on any atom is -0.394 e. The van der Waals surface area contributed by atoms with Gasteiger partial charge in [0.15, 0.2) is 5.03 Å². The highest BCUT2D eigenvalue weighted by atomic mass is 32.2. The second-order valence-electron chi connectivity index (χ2n) is 4.01. The SMILES string of the molecule is CCC(C)(CO)NS(=O)(=O)c1cnc(C)[nH]1. The minimum absolute atomic E-state index is 0.0122.